The van der Waals surface area contributed by atoms with Crippen LogP contribution >= 0.6 is 0 Å². The summed E-state index contributed by atoms with van der Waals surface area (Å²) in [5, 5.41) is 0. The summed E-state index contributed by atoms with van der Waals surface area (Å²) < 4.78 is 57.1. The first kappa shape index (κ1) is 20.2. The van der Waals surface area contributed by atoms with Crippen LogP contribution in [0.4, 0.5) is 17.6 Å². The van der Waals surface area contributed by atoms with Gasteiger partial charge >= 0.3 is 0 Å². The van der Waals surface area contributed by atoms with Crippen LogP contribution in [0.15, 0.2) is 48.5 Å². The fraction of sp³-hybridized carbons (Fsp3) is 0.231. The molecule has 0 amide bonds. The summed E-state index contributed by atoms with van der Waals surface area (Å²) in [5.41, 5.74) is 2.90. The molecule has 4 rings (SSSR count). The molecule has 1 unspecified atom stereocenters. The molecule has 0 N–H and O–H groups in total. The van der Waals surface area contributed by atoms with Crippen molar-refractivity contribution >= 4 is 0 Å². The van der Waals surface area contributed by atoms with Crippen LogP contribution in [0.2, 0.25) is 0 Å². The zero-order valence-corrected chi connectivity index (χ0v) is 16.5. The first-order chi connectivity index (χ1) is 14.5. The third-order valence-corrected chi connectivity index (χ3v) is 5.69. The predicted octanol–water partition coefficient (Wildman–Crippen LogP) is 6.48. The van der Waals surface area contributed by atoms with Gasteiger partial charge in [0.1, 0.15) is 23.3 Å². The number of rotatable bonds is 2. The van der Waals surface area contributed by atoms with Crippen LogP contribution in [0.1, 0.15) is 52.6 Å². The second-order valence-electron chi connectivity index (χ2n) is 7.59. The number of benzene rings is 3. The van der Waals surface area contributed by atoms with E-state index in [-0.39, 0.29) is 28.7 Å². The Bertz CT molecular complexity index is 1130. The maximum absolute atomic E-state index is 15.0. The Morgan fingerprint density at radius 3 is 2.27 bits per heavy atom. The van der Waals surface area contributed by atoms with Crippen molar-refractivity contribution < 1.29 is 17.6 Å². The fourth-order valence-electron chi connectivity index (χ4n) is 4.06. The van der Waals surface area contributed by atoms with Crippen molar-refractivity contribution in [1.29, 1.82) is 0 Å². The highest BCUT2D eigenvalue weighted by molar-refractivity contribution is 5.48. The van der Waals surface area contributed by atoms with Crippen LogP contribution in [0, 0.1) is 35.1 Å². The van der Waals surface area contributed by atoms with E-state index in [1.807, 2.05) is 6.92 Å². The van der Waals surface area contributed by atoms with Crippen LogP contribution in [0.3, 0.4) is 0 Å². The summed E-state index contributed by atoms with van der Waals surface area (Å²) in [6, 6.07) is 11.9. The molecule has 0 saturated carbocycles. The third-order valence-electron chi connectivity index (χ3n) is 5.69. The van der Waals surface area contributed by atoms with Crippen LogP contribution in [-0.2, 0) is 19.3 Å². The number of hydrogen-bond acceptors (Lipinski definition) is 0. The highest BCUT2D eigenvalue weighted by Crippen LogP contribution is 2.37. The van der Waals surface area contributed by atoms with Crippen LogP contribution < -0.4 is 0 Å². The smallest absolute Gasteiger partial charge is 0.142 e. The van der Waals surface area contributed by atoms with Gasteiger partial charge in [-0.05, 0) is 90.8 Å². The Morgan fingerprint density at radius 2 is 1.60 bits per heavy atom. The van der Waals surface area contributed by atoms with Gasteiger partial charge in [-0.2, -0.15) is 0 Å². The quantitative estimate of drug-likeness (QED) is 0.336. The molecule has 0 aromatic heterocycles. The zero-order chi connectivity index (χ0) is 21.3. The summed E-state index contributed by atoms with van der Waals surface area (Å²) in [6.07, 6.45) is 1.82. The third kappa shape index (κ3) is 3.98. The molecule has 0 heterocycles. The average Bonchev–Trinajstić information content (AvgIpc) is 2.74. The lowest BCUT2D eigenvalue weighted by Gasteiger charge is -2.26. The minimum Gasteiger partial charge on any atom is -0.207 e. The molecule has 1 aliphatic carbocycles. The molecular formula is C26H20F4. The zero-order valence-electron chi connectivity index (χ0n) is 16.5. The summed E-state index contributed by atoms with van der Waals surface area (Å²) in [5.74, 6) is 3.53. The molecule has 1 aliphatic rings. The predicted molar refractivity (Wildman–Crippen MR) is 109 cm³/mol. The van der Waals surface area contributed by atoms with Gasteiger partial charge in [0.2, 0.25) is 0 Å². The van der Waals surface area contributed by atoms with Crippen molar-refractivity contribution in [2.24, 2.45) is 0 Å². The topological polar surface area (TPSA) is 0 Å². The minimum atomic E-state index is -0.525. The van der Waals surface area contributed by atoms with E-state index in [1.165, 1.54) is 36.4 Å². The van der Waals surface area contributed by atoms with E-state index < -0.39 is 11.6 Å². The number of fused-ring (bicyclic) bond motifs is 1. The molecule has 0 saturated heterocycles. The fourth-order valence-corrected chi connectivity index (χ4v) is 4.06. The van der Waals surface area contributed by atoms with Crippen molar-refractivity contribution in [3.05, 3.63) is 105 Å². The summed E-state index contributed by atoms with van der Waals surface area (Å²) in [7, 11) is 0. The van der Waals surface area contributed by atoms with Gasteiger partial charge in [-0.3, -0.25) is 0 Å². The van der Waals surface area contributed by atoms with Gasteiger partial charge in [0, 0.05) is 11.1 Å². The maximum atomic E-state index is 15.0. The maximum Gasteiger partial charge on any atom is 0.142 e. The Hall–Kier alpha value is -3.06. The Kier molecular flexibility index (Phi) is 5.63. The van der Waals surface area contributed by atoms with E-state index in [2.05, 4.69) is 11.8 Å². The largest absolute Gasteiger partial charge is 0.207 e. The van der Waals surface area contributed by atoms with Crippen molar-refractivity contribution in [2.45, 2.75) is 38.5 Å². The molecule has 0 radical (unpaired) electrons. The molecule has 0 fully saturated rings. The second-order valence-corrected chi connectivity index (χ2v) is 7.59. The van der Waals surface area contributed by atoms with Crippen LogP contribution in [-0.4, -0.2) is 0 Å². The van der Waals surface area contributed by atoms with E-state index in [4.69, 9.17) is 0 Å². The molecule has 0 spiro atoms. The van der Waals surface area contributed by atoms with Gasteiger partial charge in [-0.25, -0.2) is 17.6 Å². The van der Waals surface area contributed by atoms with Crippen molar-refractivity contribution in [3.63, 3.8) is 0 Å². The molecule has 4 heteroatoms. The van der Waals surface area contributed by atoms with Crippen molar-refractivity contribution in [1.82, 2.24) is 0 Å². The van der Waals surface area contributed by atoms with Gasteiger partial charge in [-0.1, -0.05) is 24.8 Å². The average molecular weight is 408 g/mol. The van der Waals surface area contributed by atoms with Crippen molar-refractivity contribution in [3.8, 4) is 11.8 Å². The molecule has 3 aromatic rings. The monoisotopic (exact) mass is 408 g/mol. The second kappa shape index (κ2) is 8.36. The van der Waals surface area contributed by atoms with Gasteiger partial charge in [-0.15, -0.1) is 0 Å². The van der Waals surface area contributed by atoms with Gasteiger partial charge in [0.05, 0.1) is 5.56 Å². The first-order valence-electron chi connectivity index (χ1n) is 10.0. The molecular weight excluding hydrogens is 388 g/mol. The number of halogens is 4. The lowest BCUT2D eigenvalue weighted by molar-refractivity contribution is 0.481. The standard InChI is InChI=1S/C26H20F4/c1-2-16-13-23(28)25(24(29)14-16)20-9-12-22-19(15-20)8-7-18(26(22)30)6-3-17-4-10-21(27)11-5-17/h4-5,7-8,10-11,13-14,20H,2,9,12,15H2,1H3. The first-order valence-corrected chi connectivity index (χ1v) is 10.0. The molecule has 0 bridgehead atoms. The van der Waals surface area contributed by atoms with E-state index in [9.17, 15) is 17.6 Å². The molecule has 152 valence electrons. The van der Waals surface area contributed by atoms with E-state index in [1.54, 1.807) is 12.1 Å². The van der Waals surface area contributed by atoms with Gasteiger partial charge in [0.25, 0.3) is 0 Å². The molecule has 1 atom stereocenters. The molecule has 0 aliphatic heterocycles. The molecule has 3 aromatic carbocycles. The lowest BCUT2D eigenvalue weighted by atomic mass is 9.79. The molecule has 30 heavy (non-hydrogen) atoms. The number of hydrogen-bond donors (Lipinski definition) is 0. The van der Waals surface area contributed by atoms with Gasteiger partial charge in [0.15, 0.2) is 0 Å². The highest BCUT2D eigenvalue weighted by atomic mass is 19.1. The van der Waals surface area contributed by atoms with E-state index >= 15 is 0 Å². The van der Waals surface area contributed by atoms with E-state index in [0.717, 1.165) is 5.56 Å². The van der Waals surface area contributed by atoms with E-state index in [0.29, 0.717) is 42.4 Å². The summed E-state index contributed by atoms with van der Waals surface area (Å²) >= 11 is 0. The Balaban J connectivity index is 1.61. The minimum absolute atomic E-state index is 0.0958. The normalized spacial score (nSPS) is 15.3. The Morgan fingerprint density at radius 1 is 0.900 bits per heavy atom. The molecule has 0 nitrogen and oxygen atoms in total. The summed E-state index contributed by atoms with van der Waals surface area (Å²) in [6.45, 7) is 1.85. The van der Waals surface area contributed by atoms with Crippen molar-refractivity contribution in [2.75, 3.05) is 0 Å². The number of aryl methyl sites for hydroxylation is 1. The SMILES string of the molecule is CCc1cc(F)c(C2CCc3c(ccc(C#Cc4ccc(F)cc4)c3F)C2)c(F)c1. The van der Waals surface area contributed by atoms with Crippen LogP contribution in [0.5, 0.6) is 0 Å². The Labute approximate surface area is 173 Å². The van der Waals surface area contributed by atoms with Gasteiger partial charge < -0.3 is 0 Å². The van der Waals surface area contributed by atoms with Crippen LogP contribution in [0.25, 0.3) is 0 Å². The highest BCUT2D eigenvalue weighted by Gasteiger charge is 2.27. The summed E-state index contributed by atoms with van der Waals surface area (Å²) in [4.78, 5) is 0. The lowest BCUT2D eigenvalue weighted by Crippen LogP contribution is -2.17.